The number of unbranched alkanes of at least 4 members (excludes halogenated alkanes) is 1. The van der Waals surface area contributed by atoms with Crippen LogP contribution in [0.25, 0.3) is 0 Å². The molecule has 1 atom stereocenters. The number of nitrogens with two attached hydrogens (primary N) is 1. The average molecular weight is 166 g/mol. The summed E-state index contributed by atoms with van der Waals surface area (Å²) in [4.78, 5) is 8.71. The molecule has 0 aliphatic rings. The number of hydrogen-bond acceptors (Lipinski definition) is 2. The highest BCUT2D eigenvalue weighted by Crippen LogP contribution is 2.15. The second-order valence-corrected chi connectivity index (χ2v) is 2.95. The first-order chi connectivity index (χ1) is 4.50. The summed E-state index contributed by atoms with van der Waals surface area (Å²) in [7, 11) is 0. The van der Waals surface area contributed by atoms with Crippen molar-refractivity contribution in [3.8, 4) is 0 Å². The Morgan fingerprint density at radius 1 is 1.80 bits per heavy atom. The van der Waals surface area contributed by atoms with Gasteiger partial charge in [-0.25, -0.2) is 4.79 Å². The van der Waals surface area contributed by atoms with Crippen molar-refractivity contribution in [2.24, 2.45) is 5.73 Å². The largest absolute Gasteiger partial charge is 0.479 e. The third-order valence-electron chi connectivity index (χ3n) is 1.25. The van der Waals surface area contributed by atoms with Crippen molar-refractivity contribution in [3.05, 3.63) is 0 Å². The van der Waals surface area contributed by atoms with E-state index in [1.165, 1.54) is 0 Å². The van der Waals surface area contributed by atoms with Gasteiger partial charge < -0.3 is 10.8 Å². The molecule has 4 heteroatoms. The second kappa shape index (κ2) is 3.78. The summed E-state index contributed by atoms with van der Waals surface area (Å²) in [6, 6.07) is 0. The first-order valence-corrected chi connectivity index (χ1v) is 3.59. The van der Waals surface area contributed by atoms with Crippen LogP contribution in [-0.2, 0) is 4.79 Å². The Morgan fingerprint density at radius 3 is 2.60 bits per heavy atom. The lowest BCUT2D eigenvalue weighted by atomic mass is 10.1. The highest BCUT2D eigenvalue weighted by Gasteiger charge is 2.29. The molecule has 0 saturated carbocycles. The van der Waals surface area contributed by atoms with Gasteiger partial charge in [-0.3, -0.25) is 0 Å². The fourth-order valence-corrected chi connectivity index (χ4v) is 0.675. The lowest BCUT2D eigenvalue weighted by Crippen LogP contribution is -2.41. The van der Waals surface area contributed by atoms with Gasteiger partial charge in [0.25, 0.3) is 0 Å². The molecule has 3 nitrogen and oxygen atoms in total. The van der Waals surface area contributed by atoms with E-state index in [0.29, 0.717) is 6.42 Å². The molecule has 0 aromatic carbocycles. The third-order valence-corrected chi connectivity index (χ3v) is 1.60. The Bertz CT molecular complexity index is 125. The van der Waals surface area contributed by atoms with E-state index in [4.69, 9.17) is 22.4 Å². The molecule has 60 valence electrons. The van der Waals surface area contributed by atoms with E-state index >= 15 is 0 Å². The molecule has 0 amide bonds. The molecule has 0 saturated heterocycles. The topological polar surface area (TPSA) is 63.3 Å². The maximum Gasteiger partial charge on any atom is 0.339 e. The molecule has 0 bridgehead atoms. The van der Waals surface area contributed by atoms with Crippen molar-refractivity contribution < 1.29 is 9.90 Å². The minimum absolute atomic E-state index is 0.320. The summed E-state index contributed by atoms with van der Waals surface area (Å²) in [5.41, 5.74) is 5.21. The van der Waals surface area contributed by atoms with Crippen LogP contribution in [0.1, 0.15) is 26.2 Å². The monoisotopic (exact) mass is 165 g/mol. The minimum atomic E-state index is -1.56. The summed E-state index contributed by atoms with van der Waals surface area (Å²) in [6.07, 6.45) is 1.96. The highest BCUT2D eigenvalue weighted by molar-refractivity contribution is 6.33. The molecule has 0 heterocycles. The Morgan fingerprint density at radius 2 is 2.30 bits per heavy atom. The number of rotatable bonds is 4. The average Bonchev–Trinajstić information content (AvgIpc) is 1.84. The van der Waals surface area contributed by atoms with Gasteiger partial charge in [-0.05, 0) is 6.42 Å². The van der Waals surface area contributed by atoms with Crippen LogP contribution in [0.5, 0.6) is 0 Å². The number of carboxylic acids is 1. The molecule has 0 rings (SSSR count). The number of halogens is 1. The first-order valence-electron chi connectivity index (χ1n) is 3.22. The Hall–Kier alpha value is -0.280. The molecule has 0 aromatic rings. The molecule has 0 spiro atoms. The predicted octanol–water partition coefficient (Wildman–Crippen LogP) is 1.16. The van der Waals surface area contributed by atoms with Crippen LogP contribution in [-0.4, -0.2) is 16.1 Å². The van der Waals surface area contributed by atoms with Crippen molar-refractivity contribution in [2.45, 2.75) is 31.2 Å². The van der Waals surface area contributed by atoms with Crippen molar-refractivity contribution in [3.63, 3.8) is 0 Å². The van der Waals surface area contributed by atoms with Gasteiger partial charge in [-0.15, -0.1) is 0 Å². The molecular weight excluding hydrogens is 154 g/mol. The van der Waals surface area contributed by atoms with Gasteiger partial charge in [-0.2, -0.15) is 0 Å². The molecule has 10 heavy (non-hydrogen) atoms. The molecule has 0 aliphatic heterocycles. The molecule has 3 N–H and O–H groups in total. The fraction of sp³-hybridized carbons (Fsp3) is 0.833. The Kier molecular flexibility index (Phi) is 3.68. The van der Waals surface area contributed by atoms with Crippen LogP contribution in [0.4, 0.5) is 0 Å². The molecule has 0 fully saturated rings. The van der Waals surface area contributed by atoms with E-state index < -0.39 is 11.0 Å². The number of carbonyl (C=O) groups is 1. The zero-order valence-electron chi connectivity index (χ0n) is 5.93. The standard InChI is InChI=1S/C6H12ClNO2/c1-2-3-4-6(7,8)5(9)10/h2-4,8H2,1H3,(H,9,10)/t6-/m1/s1. The van der Waals surface area contributed by atoms with Crippen LogP contribution in [0, 0.1) is 0 Å². The number of hydrogen-bond donors (Lipinski definition) is 2. The smallest absolute Gasteiger partial charge is 0.339 e. The molecular formula is C6H12ClNO2. The molecule has 0 aliphatic carbocycles. The van der Waals surface area contributed by atoms with E-state index in [9.17, 15) is 4.79 Å². The van der Waals surface area contributed by atoms with E-state index in [1.807, 2.05) is 6.92 Å². The van der Waals surface area contributed by atoms with Gasteiger partial charge in [0.05, 0.1) is 0 Å². The van der Waals surface area contributed by atoms with Crippen molar-refractivity contribution >= 4 is 17.6 Å². The molecule has 0 aromatic heterocycles. The van der Waals surface area contributed by atoms with Crippen LogP contribution in [0.15, 0.2) is 0 Å². The Labute approximate surface area is 65.2 Å². The van der Waals surface area contributed by atoms with Gasteiger partial charge in [0, 0.05) is 0 Å². The van der Waals surface area contributed by atoms with Crippen LogP contribution in [0.3, 0.4) is 0 Å². The lowest BCUT2D eigenvalue weighted by molar-refractivity contribution is -0.140. The van der Waals surface area contributed by atoms with Crippen LogP contribution >= 0.6 is 11.6 Å². The molecule has 0 unspecified atom stereocenters. The van der Waals surface area contributed by atoms with Crippen LogP contribution in [0.2, 0.25) is 0 Å². The quantitative estimate of drug-likeness (QED) is 0.485. The normalized spacial score (nSPS) is 16.3. The van der Waals surface area contributed by atoms with Gasteiger partial charge in [0.15, 0.2) is 5.00 Å². The van der Waals surface area contributed by atoms with Gasteiger partial charge >= 0.3 is 5.97 Å². The maximum atomic E-state index is 10.3. The zero-order chi connectivity index (χ0) is 8.20. The van der Waals surface area contributed by atoms with Crippen molar-refractivity contribution in [2.75, 3.05) is 0 Å². The zero-order valence-corrected chi connectivity index (χ0v) is 6.69. The maximum absolute atomic E-state index is 10.3. The fourth-order valence-electron chi connectivity index (χ4n) is 0.541. The van der Waals surface area contributed by atoms with Crippen molar-refractivity contribution in [1.29, 1.82) is 0 Å². The predicted molar refractivity (Wildman–Crippen MR) is 39.9 cm³/mol. The van der Waals surface area contributed by atoms with E-state index in [0.717, 1.165) is 12.8 Å². The number of alkyl halides is 1. The van der Waals surface area contributed by atoms with Crippen molar-refractivity contribution in [1.82, 2.24) is 0 Å². The van der Waals surface area contributed by atoms with E-state index in [1.54, 1.807) is 0 Å². The van der Waals surface area contributed by atoms with Gasteiger partial charge in [0.2, 0.25) is 0 Å². The first kappa shape index (κ1) is 9.72. The molecule has 0 radical (unpaired) electrons. The summed E-state index contributed by atoms with van der Waals surface area (Å²) < 4.78 is 0. The highest BCUT2D eigenvalue weighted by atomic mass is 35.5. The van der Waals surface area contributed by atoms with Gasteiger partial charge in [-0.1, -0.05) is 31.4 Å². The van der Waals surface area contributed by atoms with Crippen LogP contribution < -0.4 is 5.73 Å². The number of carboxylic acid groups (broad SMARTS) is 1. The number of aliphatic carboxylic acids is 1. The third kappa shape index (κ3) is 3.03. The summed E-state index contributed by atoms with van der Waals surface area (Å²) in [6.45, 7) is 1.95. The van der Waals surface area contributed by atoms with Gasteiger partial charge in [0.1, 0.15) is 0 Å². The Balaban J connectivity index is 3.75. The summed E-state index contributed by atoms with van der Waals surface area (Å²) in [5, 5.41) is 8.41. The SMILES string of the molecule is CCCC[C@](N)(Cl)C(=O)O. The van der Waals surface area contributed by atoms with E-state index in [-0.39, 0.29) is 0 Å². The minimum Gasteiger partial charge on any atom is -0.479 e. The lowest BCUT2D eigenvalue weighted by Gasteiger charge is -2.14. The second-order valence-electron chi connectivity index (χ2n) is 2.27. The summed E-state index contributed by atoms with van der Waals surface area (Å²) >= 11 is 5.43. The van der Waals surface area contributed by atoms with E-state index in [2.05, 4.69) is 0 Å². The summed E-state index contributed by atoms with van der Waals surface area (Å²) in [5.74, 6) is -1.15.